The number of para-hydroxylation sites is 1. The largest absolute Gasteiger partial charge is 0.354 e. The molecule has 1 saturated heterocycles. The first-order valence-electron chi connectivity index (χ1n) is 11.1. The summed E-state index contributed by atoms with van der Waals surface area (Å²) in [6, 6.07) is 11.5. The third-order valence-corrected chi connectivity index (χ3v) is 5.91. The number of alkyl halides is 2. The monoisotopic (exact) mass is 462 g/mol. The highest BCUT2D eigenvalue weighted by molar-refractivity contribution is 6.08. The molecule has 4 aromatic rings. The van der Waals surface area contributed by atoms with Crippen molar-refractivity contribution in [2.24, 2.45) is 0 Å². The van der Waals surface area contributed by atoms with Crippen molar-refractivity contribution in [3.05, 3.63) is 66.4 Å². The van der Waals surface area contributed by atoms with Crippen LogP contribution >= 0.6 is 0 Å². The number of carbonyl (C=O) groups is 1. The maximum atomic E-state index is 14.0. The van der Waals surface area contributed by atoms with Crippen molar-refractivity contribution in [1.29, 1.82) is 0 Å². The van der Waals surface area contributed by atoms with E-state index < -0.39 is 18.4 Å². The minimum atomic E-state index is -2.80. The molecule has 7 nitrogen and oxygen atoms in total. The van der Waals surface area contributed by atoms with E-state index in [1.165, 1.54) is 17.3 Å². The van der Waals surface area contributed by atoms with Crippen LogP contribution in [0.5, 0.6) is 0 Å². The Bertz CT molecular complexity index is 1320. The summed E-state index contributed by atoms with van der Waals surface area (Å²) in [4.78, 5) is 30.9. The maximum Gasteiger partial charge on any atom is 0.266 e. The second-order valence-electron chi connectivity index (χ2n) is 8.79. The van der Waals surface area contributed by atoms with Gasteiger partial charge in [0.05, 0.1) is 17.8 Å². The van der Waals surface area contributed by atoms with Gasteiger partial charge >= 0.3 is 0 Å². The van der Waals surface area contributed by atoms with E-state index in [0.29, 0.717) is 22.9 Å². The molecule has 0 spiro atoms. The number of fused-ring (bicyclic) bond motifs is 1. The lowest BCUT2D eigenvalue weighted by Gasteiger charge is -2.22. The zero-order valence-corrected chi connectivity index (χ0v) is 18.8. The fourth-order valence-electron chi connectivity index (χ4n) is 4.11. The Labute approximate surface area is 195 Å². The summed E-state index contributed by atoms with van der Waals surface area (Å²) < 4.78 is 28.1. The van der Waals surface area contributed by atoms with Crippen LogP contribution in [0.2, 0.25) is 0 Å². The zero-order valence-electron chi connectivity index (χ0n) is 18.8. The number of nitrogens with one attached hydrogen (secondary N) is 2. The molecule has 2 N–H and O–H groups in total. The molecule has 0 atom stereocenters. The number of hydrogen-bond donors (Lipinski definition) is 2. The first kappa shape index (κ1) is 21.9. The number of carbonyl (C=O) groups excluding carboxylic acids is 1. The van der Waals surface area contributed by atoms with Gasteiger partial charge < -0.3 is 15.2 Å². The standard InChI is InChI=1S/C25H24F2N6O/c1-15(2)22-29-12-17(13-30-22)24(34)32-21-18(20-11-16-5-3-4-6-19(16)31-20)7-9-28-23(21)33-10-8-25(26,27)14-33/h3-7,9,11-13,15,31H,8,10,14H2,1-2H3,(H,32,34). The van der Waals surface area contributed by atoms with E-state index in [4.69, 9.17) is 0 Å². The Morgan fingerprint density at radius 2 is 1.91 bits per heavy atom. The van der Waals surface area contributed by atoms with E-state index in [-0.39, 0.29) is 24.4 Å². The van der Waals surface area contributed by atoms with Gasteiger partial charge in [-0.15, -0.1) is 0 Å². The second-order valence-corrected chi connectivity index (χ2v) is 8.79. The molecule has 1 aliphatic heterocycles. The summed E-state index contributed by atoms with van der Waals surface area (Å²) in [6.07, 6.45) is 4.26. The molecule has 0 aliphatic carbocycles. The van der Waals surface area contributed by atoms with Crippen molar-refractivity contribution in [2.45, 2.75) is 32.1 Å². The summed E-state index contributed by atoms with van der Waals surface area (Å²) in [5.74, 6) is -2.17. The van der Waals surface area contributed by atoms with Crippen molar-refractivity contribution in [2.75, 3.05) is 23.3 Å². The van der Waals surface area contributed by atoms with Crippen LogP contribution in [0.15, 0.2) is 55.0 Å². The Morgan fingerprint density at radius 1 is 1.15 bits per heavy atom. The van der Waals surface area contributed by atoms with Gasteiger partial charge in [0.25, 0.3) is 11.8 Å². The quantitative estimate of drug-likeness (QED) is 0.424. The Kier molecular flexibility index (Phi) is 5.47. The summed E-state index contributed by atoms with van der Waals surface area (Å²) in [7, 11) is 0. The smallest absolute Gasteiger partial charge is 0.266 e. The highest BCUT2D eigenvalue weighted by atomic mass is 19.3. The molecule has 4 heterocycles. The summed E-state index contributed by atoms with van der Waals surface area (Å²) >= 11 is 0. The summed E-state index contributed by atoms with van der Waals surface area (Å²) in [5.41, 5.74) is 2.97. The molecule has 1 fully saturated rings. The van der Waals surface area contributed by atoms with E-state index in [9.17, 15) is 13.6 Å². The van der Waals surface area contributed by atoms with Gasteiger partial charge in [-0.05, 0) is 18.2 Å². The first-order chi connectivity index (χ1) is 16.3. The van der Waals surface area contributed by atoms with Crippen LogP contribution in [0.25, 0.3) is 22.2 Å². The fraction of sp³-hybridized carbons (Fsp3) is 0.280. The average molecular weight is 463 g/mol. The molecule has 0 unspecified atom stereocenters. The number of pyridine rings is 1. The third kappa shape index (κ3) is 4.21. The predicted molar refractivity (Wildman–Crippen MR) is 127 cm³/mol. The number of hydrogen-bond acceptors (Lipinski definition) is 5. The topological polar surface area (TPSA) is 86.8 Å². The van der Waals surface area contributed by atoms with Gasteiger partial charge in [-0.3, -0.25) is 4.79 Å². The molecule has 3 aromatic heterocycles. The molecule has 5 rings (SSSR count). The number of amides is 1. The van der Waals surface area contributed by atoms with Gasteiger partial charge in [0, 0.05) is 59.6 Å². The van der Waals surface area contributed by atoms with Gasteiger partial charge in [-0.25, -0.2) is 23.7 Å². The number of nitrogens with zero attached hydrogens (tertiary/aromatic N) is 4. The van der Waals surface area contributed by atoms with E-state index in [0.717, 1.165) is 16.6 Å². The normalized spacial score (nSPS) is 15.3. The van der Waals surface area contributed by atoms with E-state index in [2.05, 4.69) is 25.3 Å². The van der Waals surface area contributed by atoms with Crippen molar-refractivity contribution >= 4 is 28.3 Å². The van der Waals surface area contributed by atoms with Crippen LogP contribution in [0, 0.1) is 0 Å². The van der Waals surface area contributed by atoms with E-state index in [1.54, 1.807) is 12.3 Å². The lowest BCUT2D eigenvalue weighted by atomic mass is 10.1. The minimum absolute atomic E-state index is 0.132. The molecule has 174 valence electrons. The van der Waals surface area contributed by atoms with E-state index in [1.807, 2.05) is 44.2 Å². The molecule has 1 aromatic carbocycles. The lowest BCUT2D eigenvalue weighted by molar-refractivity contribution is 0.0257. The van der Waals surface area contributed by atoms with Crippen LogP contribution in [-0.4, -0.2) is 44.9 Å². The van der Waals surface area contributed by atoms with Crippen molar-refractivity contribution < 1.29 is 13.6 Å². The van der Waals surface area contributed by atoms with Gasteiger partial charge in [0.15, 0.2) is 5.82 Å². The number of aromatic nitrogens is 4. The number of anilines is 2. The second kappa shape index (κ2) is 8.48. The van der Waals surface area contributed by atoms with Crippen molar-refractivity contribution in [1.82, 2.24) is 19.9 Å². The van der Waals surface area contributed by atoms with Gasteiger partial charge in [-0.2, -0.15) is 0 Å². The highest BCUT2D eigenvalue weighted by Gasteiger charge is 2.40. The Hall–Kier alpha value is -3.88. The molecule has 0 radical (unpaired) electrons. The average Bonchev–Trinajstić information content (AvgIpc) is 3.42. The Balaban J connectivity index is 1.57. The van der Waals surface area contributed by atoms with Crippen LogP contribution in [0.1, 0.15) is 42.4 Å². The summed E-state index contributed by atoms with van der Waals surface area (Å²) in [6.45, 7) is 3.63. The maximum absolute atomic E-state index is 14.0. The molecular formula is C25H24F2N6O. The van der Waals surface area contributed by atoms with Gasteiger partial charge in [0.2, 0.25) is 0 Å². The fourth-order valence-corrected chi connectivity index (χ4v) is 4.11. The van der Waals surface area contributed by atoms with Crippen LogP contribution < -0.4 is 10.2 Å². The summed E-state index contributed by atoms with van der Waals surface area (Å²) in [5, 5.41) is 3.90. The minimum Gasteiger partial charge on any atom is -0.354 e. The lowest BCUT2D eigenvalue weighted by Crippen LogP contribution is -2.27. The molecule has 9 heteroatoms. The molecule has 0 saturated carbocycles. The van der Waals surface area contributed by atoms with Gasteiger partial charge in [0.1, 0.15) is 5.82 Å². The number of aromatic amines is 1. The third-order valence-electron chi connectivity index (χ3n) is 5.91. The SMILES string of the molecule is CC(C)c1ncc(C(=O)Nc2c(-c3cc4ccccc4[nH]3)ccnc2N2CCC(F)(F)C2)cn1. The number of benzene rings is 1. The van der Waals surface area contributed by atoms with Crippen molar-refractivity contribution in [3.63, 3.8) is 0 Å². The molecule has 34 heavy (non-hydrogen) atoms. The number of H-pyrrole nitrogens is 1. The predicted octanol–water partition coefficient (Wildman–Crippen LogP) is 5.24. The van der Waals surface area contributed by atoms with E-state index >= 15 is 0 Å². The Morgan fingerprint density at radius 3 is 2.59 bits per heavy atom. The zero-order chi connectivity index (χ0) is 23.9. The number of halogens is 2. The molecule has 1 amide bonds. The molecule has 1 aliphatic rings. The molecular weight excluding hydrogens is 438 g/mol. The van der Waals surface area contributed by atoms with Crippen LogP contribution in [0.3, 0.4) is 0 Å². The van der Waals surface area contributed by atoms with Crippen LogP contribution in [-0.2, 0) is 0 Å². The molecule has 0 bridgehead atoms. The highest BCUT2D eigenvalue weighted by Crippen LogP contribution is 2.39. The number of rotatable bonds is 5. The van der Waals surface area contributed by atoms with Crippen LogP contribution in [0.4, 0.5) is 20.3 Å². The van der Waals surface area contributed by atoms with Crippen molar-refractivity contribution in [3.8, 4) is 11.3 Å². The van der Waals surface area contributed by atoms with Gasteiger partial charge in [-0.1, -0.05) is 32.0 Å². The first-order valence-corrected chi connectivity index (χ1v) is 11.1.